The lowest BCUT2D eigenvalue weighted by Gasteiger charge is -2.40. The molecule has 2 bridgehead atoms. The number of nitrogens with one attached hydrogen (secondary N) is 1. The minimum absolute atomic E-state index is 0.00755. The summed E-state index contributed by atoms with van der Waals surface area (Å²) in [5, 5.41) is 6.62. The minimum atomic E-state index is -1.18. The number of fused-ring (bicyclic) bond motifs is 4. The van der Waals surface area contributed by atoms with Crippen LogP contribution >= 0.6 is 0 Å². The van der Waals surface area contributed by atoms with E-state index >= 15 is 0 Å². The van der Waals surface area contributed by atoms with Crippen molar-refractivity contribution in [1.29, 1.82) is 0 Å². The first-order valence-electron chi connectivity index (χ1n) is 14.0. The molecular formula is C31H31F3N4O5. The number of carbonyl (C=O) groups is 2. The zero-order chi connectivity index (χ0) is 30.7. The van der Waals surface area contributed by atoms with Crippen LogP contribution in [-0.2, 0) is 18.0 Å². The van der Waals surface area contributed by atoms with E-state index in [1.165, 1.54) is 6.20 Å². The van der Waals surface area contributed by atoms with Gasteiger partial charge in [0.1, 0.15) is 36.2 Å². The van der Waals surface area contributed by atoms with Gasteiger partial charge in [-0.2, -0.15) is 0 Å². The number of benzene rings is 2. The highest BCUT2D eigenvalue weighted by atomic mass is 19.1. The van der Waals surface area contributed by atoms with E-state index in [2.05, 4.69) is 10.5 Å². The largest absolute Gasteiger partial charge is 0.483 e. The van der Waals surface area contributed by atoms with Gasteiger partial charge >= 0.3 is 0 Å². The Labute approximate surface area is 245 Å². The van der Waals surface area contributed by atoms with Crippen LogP contribution < -0.4 is 15.5 Å². The van der Waals surface area contributed by atoms with Crippen LogP contribution in [0, 0.1) is 17.5 Å². The summed E-state index contributed by atoms with van der Waals surface area (Å²) >= 11 is 0. The zero-order valence-electron chi connectivity index (χ0n) is 23.7. The number of hydrogen-bond acceptors (Lipinski definition) is 6. The van der Waals surface area contributed by atoms with Gasteiger partial charge in [0.2, 0.25) is 5.43 Å². The van der Waals surface area contributed by atoms with Crippen LogP contribution in [0.5, 0.6) is 5.75 Å². The summed E-state index contributed by atoms with van der Waals surface area (Å²) in [6.07, 6.45) is 2.74. The van der Waals surface area contributed by atoms with Crippen molar-refractivity contribution in [3.63, 3.8) is 0 Å². The monoisotopic (exact) mass is 596 g/mol. The fraction of sp³-hybridized carbons (Fsp3) is 0.355. The Bertz CT molecular complexity index is 1600. The Kier molecular flexibility index (Phi) is 8.84. The van der Waals surface area contributed by atoms with Gasteiger partial charge in [0.15, 0.2) is 11.4 Å². The highest BCUT2D eigenvalue weighted by Crippen LogP contribution is 2.32. The van der Waals surface area contributed by atoms with E-state index < -0.39 is 52.8 Å². The first-order chi connectivity index (χ1) is 20.7. The standard InChI is InChI=1S/C31H31F3N4O5/c1-3-21-13-22-15-37(18(2)9-10-43-36-21)31(41)27-29(42-17-19-7-5-4-6-8-19)28(39)24(16-38(22)27)30(40)35-14-23-25(33)11-20(32)12-26(23)34/h4-8,11-12,16,18,22H,3,9-10,13-15,17H2,1-2H3,(H,35,40)/b36-21-/t18-,22-/m0/s1. The lowest BCUT2D eigenvalue weighted by Crippen LogP contribution is -2.50. The molecule has 2 atom stereocenters. The third-order valence-electron chi connectivity index (χ3n) is 7.69. The molecule has 3 aromatic rings. The molecule has 9 nitrogen and oxygen atoms in total. The molecule has 1 aromatic heterocycles. The fourth-order valence-electron chi connectivity index (χ4n) is 5.25. The molecule has 0 spiro atoms. The second-order valence-corrected chi connectivity index (χ2v) is 10.6. The first kappa shape index (κ1) is 29.9. The van der Waals surface area contributed by atoms with Crippen LogP contribution in [0.1, 0.15) is 71.1 Å². The summed E-state index contributed by atoms with van der Waals surface area (Å²) in [6.45, 7) is 3.73. The van der Waals surface area contributed by atoms with E-state index in [0.29, 0.717) is 44.5 Å². The molecule has 5 rings (SSSR count). The molecular weight excluding hydrogens is 565 g/mol. The lowest BCUT2D eigenvalue weighted by molar-refractivity contribution is 0.0493. The number of ether oxygens (including phenoxy) is 1. The van der Waals surface area contributed by atoms with E-state index in [9.17, 15) is 27.6 Å². The van der Waals surface area contributed by atoms with Gasteiger partial charge in [-0.15, -0.1) is 0 Å². The number of carbonyl (C=O) groups excluding carboxylic acids is 2. The Morgan fingerprint density at radius 1 is 1.14 bits per heavy atom. The van der Waals surface area contributed by atoms with Gasteiger partial charge in [-0.25, -0.2) is 13.2 Å². The quantitative estimate of drug-likeness (QED) is 0.425. The summed E-state index contributed by atoms with van der Waals surface area (Å²) in [4.78, 5) is 48.3. The summed E-state index contributed by atoms with van der Waals surface area (Å²) in [6, 6.07) is 9.36. The predicted octanol–water partition coefficient (Wildman–Crippen LogP) is 4.74. The average molecular weight is 597 g/mol. The normalized spacial score (nSPS) is 19.5. The highest BCUT2D eigenvalue weighted by molar-refractivity contribution is 5.99. The minimum Gasteiger partial charge on any atom is -0.483 e. The van der Waals surface area contributed by atoms with E-state index in [1.807, 2.05) is 19.9 Å². The first-order valence-corrected chi connectivity index (χ1v) is 14.0. The van der Waals surface area contributed by atoms with Crippen LogP contribution in [0.25, 0.3) is 0 Å². The zero-order valence-corrected chi connectivity index (χ0v) is 23.7. The topological polar surface area (TPSA) is 102 Å². The van der Waals surface area contributed by atoms with Crippen molar-refractivity contribution in [3.05, 3.63) is 98.7 Å². The number of hydrogen-bond donors (Lipinski definition) is 1. The molecule has 0 saturated heterocycles. The van der Waals surface area contributed by atoms with Gasteiger partial charge in [-0.3, -0.25) is 14.4 Å². The number of oxime groups is 1. The summed E-state index contributed by atoms with van der Waals surface area (Å²) in [7, 11) is 0. The molecule has 0 radical (unpaired) electrons. The smallest absolute Gasteiger partial charge is 0.274 e. The molecule has 0 saturated carbocycles. The number of aromatic nitrogens is 1. The molecule has 12 heteroatoms. The number of pyridine rings is 1. The van der Waals surface area contributed by atoms with Gasteiger partial charge in [0.05, 0.1) is 11.8 Å². The Morgan fingerprint density at radius 2 is 1.86 bits per heavy atom. The molecule has 2 aliphatic rings. The predicted molar refractivity (Wildman–Crippen MR) is 151 cm³/mol. The van der Waals surface area contributed by atoms with Crippen molar-refractivity contribution in [2.45, 2.75) is 58.3 Å². The highest BCUT2D eigenvalue weighted by Gasteiger charge is 2.39. The number of halogens is 3. The van der Waals surface area contributed by atoms with Gasteiger partial charge in [0.25, 0.3) is 11.8 Å². The van der Waals surface area contributed by atoms with E-state index in [0.717, 1.165) is 11.3 Å². The van der Waals surface area contributed by atoms with Crippen LogP contribution in [0.15, 0.2) is 58.6 Å². The van der Waals surface area contributed by atoms with Crippen molar-refractivity contribution in [2.24, 2.45) is 5.16 Å². The molecule has 0 fully saturated rings. The van der Waals surface area contributed by atoms with E-state index in [1.54, 1.807) is 33.7 Å². The summed E-state index contributed by atoms with van der Waals surface area (Å²) < 4.78 is 49.4. The van der Waals surface area contributed by atoms with Gasteiger partial charge in [-0.1, -0.05) is 42.4 Å². The van der Waals surface area contributed by atoms with Crippen molar-refractivity contribution < 1.29 is 32.3 Å². The number of nitrogens with zero attached hydrogens (tertiary/aromatic N) is 3. The maximum atomic E-state index is 14.2. The van der Waals surface area contributed by atoms with Gasteiger partial charge in [0, 0.05) is 55.9 Å². The summed E-state index contributed by atoms with van der Waals surface area (Å²) in [5.41, 5.74) is -0.320. The molecule has 0 aliphatic carbocycles. The average Bonchev–Trinajstić information content (AvgIpc) is 2.98. The number of rotatable bonds is 7. The fourth-order valence-corrected chi connectivity index (χ4v) is 5.25. The third-order valence-corrected chi connectivity index (χ3v) is 7.69. The van der Waals surface area contributed by atoms with Crippen molar-refractivity contribution in [3.8, 4) is 5.75 Å². The Morgan fingerprint density at radius 3 is 2.56 bits per heavy atom. The van der Waals surface area contributed by atoms with Crippen LogP contribution in [0.2, 0.25) is 0 Å². The molecule has 43 heavy (non-hydrogen) atoms. The van der Waals surface area contributed by atoms with Gasteiger partial charge in [-0.05, 0) is 18.9 Å². The van der Waals surface area contributed by atoms with Crippen molar-refractivity contribution in [2.75, 3.05) is 13.2 Å². The van der Waals surface area contributed by atoms with Gasteiger partial charge < -0.3 is 24.4 Å². The Hall–Kier alpha value is -4.61. The van der Waals surface area contributed by atoms with Crippen molar-refractivity contribution >= 4 is 17.5 Å². The molecule has 1 N–H and O–H groups in total. The second kappa shape index (κ2) is 12.7. The van der Waals surface area contributed by atoms with Crippen LogP contribution in [-0.4, -0.2) is 46.2 Å². The van der Waals surface area contributed by atoms with Crippen molar-refractivity contribution in [1.82, 2.24) is 14.8 Å². The lowest BCUT2D eigenvalue weighted by atomic mass is 9.99. The molecule has 0 unspecified atom stereocenters. The van der Waals surface area contributed by atoms with E-state index in [4.69, 9.17) is 9.57 Å². The second-order valence-electron chi connectivity index (χ2n) is 10.6. The molecule has 2 amide bonds. The maximum Gasteiger partial charge on any atom is 0.274 e. The van der Waals surface area contributed by atoms with Crippen LogP contribution in [0.3, 0.4) is 0 Å². The molecule has 3 heterocycles. The molecule has 226 valence electrons. The SMILES string of the molecule is CC/C1=N/OCC[C@H](C)N2C[C@H](C1)n1cc(C(=O)NCc3c(F)cc(F)cc3F)c(=O)c(OCc3ccccc3)c1C2=O. The Balaban J connectivity index is 1.59. The number of amides is 2. The van der Waals surface area contributed by atoms with Crippen LogP contribution in [0.4, 0.5) is 13.2 Å². The molecule has 2 aromatic carbocycles. The summed E-state index contributed by atoms with van der Waals surface area (Å²) in [5.74, 6) is -5.13. The molecule has 2 aliphatic heterocycles. The maximum absolute atomic E-state index is 14.2. The third kappa shape index (κ3) is 6.27. The van der Waals surface area contributed by atoms with E-state index in [-0.39, 0.29) is 29.7 Å².